The van der Waals surface area contributed by atoms with Crippen molar-refractivity contribution in [2.45, 2.75) is 25.3 Å². The predicted molar refractivity (Wildman–Crippen MR) is 65.6 cm³/mol. The van der Waals surface area contributed by atoms with E-state index in [0.717, 1.165) is 0 Å². The molecule has 1 unspecified atom stereocenters. The van der Waals surface area contributed by atoms with Crippen LogP contribution < -0.4 is 0 Å². The number of likely N-dealkylation sites (tertiary alicyclic amines) is 1. The molecule has 96 valence electrons. The summed E-state index contributed by atoms with van der Waals surface area (Å²) < 4.78 is 0. The third-order valence-corrected chi connectivity index (χ3v) is 3.67. The van der Waals surface area contributed by atoms with E-state index < -0.39 is 11.5 Å². The normalized spacial score (nSPS) is 23.1. The summed E-state index contributed by atoms with van der Waals surface area (Å²) in [6.07, 6.45) is 3.98. The summed E-state index contributed by atoms with van der Waals surface area (Å²) in [6.45, 7) is 1.98. The number of carboxylic acid groups (broad SMARTS) is 1. The summed E-state index contributed by atoms with van der Waals surface area (Å²) in [5.41, 5.74) is -0.912. The lowest BCUT2D eigenvalue weighted by Crippen LogP contribution is -2.50. The molecule has 0 aromatic carbocycles. The number of aromatic nitrogens is 1. The molecule has 1 fully saturated rings. The molecule has 6 heteroatoms. The summed E-state index contributed by atoms with van der Waals surface area (Å²) >= 11 is 5.94. The van der Waals surface area contributed by atoms with E-state index in [9.17, 15) is 14.7 Å². The molecule has 1 aromatic rings. The van der Waals surface area contributed by atoms with Gasteiger partial charge >= 0.3 is 5.97 Å². The topological polar surface area (TPSA) is 70.5 Å². The molecule has 1 amide bonds. The number of carbonyl (C=O) groups is 2. The van der Waals surface area contributed by atoms with Gasteiger partial charge in [0.1, 0.15) is 5.54 Å². The summed E-state index contributed by atoms with van der Waals surface area (Å²) in [7, 11) is 0. The average molecular weight is 269 g/mol. The van der Waals surface area contributed by atoms with Gasteiger partial charge in [0.2, 0.25) is 0 Å². The van der Waals surface area contributed by atoms with E-state index in [2.05, 4.69) is 4.98 Å². The van der Waals surface area contributed by atoms with Crippen molar-refractivity contribution in [1.82, 2.24) is 9.88 Å². The third kappa shape index (κ3) is 1.95. The van der Waals surface area contributed by atoms with Gasteiger partial charge in [-0.05, 0) is 25.8 Å². The van der Waals surface area contributed by atoms with E-state index >= 15 is 0 Å². The first kappa shape index (κ1) is 12.8. The minimum atomic E-state index is -1.16. The van der Waals surface area contributed by atoms with Crippen LogP contribution in [0, 0.1) is 0 Å². The van der Waals surface area contributed by atoms with Crippen LogP contribution in [0.4, 0.5) is 0 Å². The van der Waals surface area contributed by atoms with Crippen LogP contribution in [-0.2, 0) is 4.79 Å². The van der Waals surface area contributed by atoms with E-state index in [1.807, 2.05) is 0 Å². The second-order valence-corrected chi connectivity index (χ2v) is 4.90. The molecule has 1 aliphatic heterocycles. The highest BCUT2D eigenvalue weighted by molar-refractivity contribution is 6.33. The van der Waals surface area contributed by atoms with Gasteiger partial charge in [0.05, 0.1) is 10.6 Å². The zero-order valence-corrected chi connectivity index (χ0v) is 10.6. The van der Waals surface area contributed by atoms with E-state index in [1.165, 1.54) is 23.4 Å². The minimum Gasteiger partial charge on any atom is -0.480 e. The number of hydrogen-bond acceptors (Lipinski definition) is 3. The van der Waals surface area contributed by atoms with Crippen LogP contribution in [-0.4, -0.2) is 39.0 Å². The molecule has 2 rings (SSSR count). The fourth-order valence-electron chi connectivity index (χ4n) is 2.19. The lowest BCUT2D eigenvalue weighted by molar-refractivity contribution is -0.147. The molecule has 0 spiro atoms. The van der Waals surface area contributed by atoms with E-state index in [1.54, 1.807) is 6.92 Å². The molecule has 1 atom stereocenters. The molecule has 0 aliphatic carbocycles. The number of aliphatic carboxylic acids is 1. The molecule has 0 saturated carbocycles. The van der Waals surface area contributed by atoms with Gasteiger partial charge in [0.25, 0.3) is 5.91 Å². The monoisotopic (exact) mass is 268 g/mol. The van der Waals surface area contributed by atoms with Gasteiger partial charge in [-0.3, -0.25) is 9.78 Å². The summed E-state index contributed by atoms with van der Waals surface area (Å²) in [5.74, 6) is -1.37. The Morgan fingerprint density at radius 2 is 2.28 bits per heavy atom. The van der Waals surface area contributed by atoms with Crippen molar-refractivity contribution < 1.29 is 14.7 Å². The summed E-state index contributed by atoms with van der Waals surface area (Å²) in [6, 6.07) is 1.52. The van der Waals surface area contributed by atoms with Gasteiger partial charge in [-0.15, -0.1) is 0 Å². The average Bonchev–Trinajstić information content (AvgIpc) is 2.72. The molecule has 18 heavy (non-hydrogen) atoms. The number of carboxylic acids is 1. The number of hydrogen-bond donors (Lipinski definition) is 1. The molecule has 1 N–H and O–H groups in total. The van der Waals surface area contributed by atoms with Crippen molar-refractivity contribution in [2.24, 2.45) is 0 Å². The van der Waals surface area contributed by atoms with E-state index in [0.29, 0.717) is 19.4 Å². The smallest absolute Gasteiger partial charge is 0.329 e. The first-order valence-electron chi connectivity index (χ1n) is 5.61. The quantitative estimate of drug-likeness (QED) is 0.888. The zero-order chi connectivity index (χ0) is 13.3. The highest BCUT2D eigenvalue weighted by atomic mass is 35.5. The fraction of sp³-hybridized carbons (Fsp3) is 0.417. The van der Waals surface area contributed by atoms with Crippen LogP contribution in [0.15, 0.2) is 18.5 Å². The van der Waals surface area contributed by atoms with Crippen molar-refractivity contribution in [3.63, 3.8) is 0 Å². The number of halogens is 1. The minimum absolute atomic E-state index is 0.244. The number of rotatable bonds is 2. The molecule has 2 heterocycles. The molecule has 5 nitrogen and oxygen atoms in total. The predicted octanol–water partition coefficient (Wildman–Crippen LogP) is 1.81. The molecule has 0 radical (unpaired) electrons. The van der Waals surface area contributed by atoms with Gasteiger partial charge in [0, 0.05) is 18.9 Å². The largest absolute Gasteiger partial charge is 0.480 e. The number of carbonyl (C=O) groups excluding carboxylic acids is 1. The van der Waals surface area contributed by atoms with Crippen molar-refractivity contribution in [3.05, 3.63) is 29.0 Å². The highest BCUT2D eigenvalue weighted by Crippen LogP contribution is 2.31. The van der Waals surface area contributed by atoms with Gasteiger partial charge in [-0.2, -0.15) is 0 Å². The molecule has 1 aliphatic rings. The van der Waals surface area contributed by atoms with Gasteiger partial charge in [0.15, 0.2) is 0 Å². The van der Waals surface area contributed by atoms with Crippen LogP contribution in [0.3, 0.4) is 0 Å². The second-order valence-electron chi connectivity index (χ2n) is 4.49. The maximum absolute atomic E-state index is 12.3. The van der Waals surface area contributed by atoms with Crippen molar-refractivity contribution >= 4 is 23.5 Å². The Labute approximate surface area is 109 Å². The first-order valence-corrected chi connectivity index (χ1v) is 5.99. The van der Waals surface area contributed by atoms with Crippen molar-refractivity contribution in [1.29, 1.82) is 0 Å². The Morgan fingerprint density at radius 1 is 1.56 bits per heavy atom. The van der Waals surface area contributed by atoms with E-state index in [-0.39, 0.29) is 16.5 Å². The number of nitrogens with zero attached hydrogens (tertiary/aromatic N) is 2. The molecular formula is C12H13ClN2O3. The SMILES string of the molecule is CC1(C(=O)O)CCCN1C(=O)c1cnccc1Cl. The Balaban J connectivity index is 2.35. The third-order valence-electron chi connectivity index (χ3n) is 3.35. The van der Waals surface area contributed by atoms with Crippen LogP contribution in [0.25, 0.3) is 0 Å². The van der Waals surface area contributed by atoms with E-state index in [4.69, 9.17) is 11.6 Å². The standard InChI is InChI=1S/C12H13ClN2O3/c1-12(11(17)18)4-2-6-15(12)10(16)8-7-14-5-3-9(8)13/h3,5,7H,2,4,6H2,1H3,(H,17,18). The van der Waals surface area contributed by atoms with Crippen molar-refractivity contribution in [3.8, 4) is 0 Å². The van der Waals surface area contributed by atoms with Crippen LogP contribution in [0.2, 0.25) is 5.02 Å². The number of pyridine rings is 1. The van der Waals surface area contributed by atoms with Gasteiger partial charge in [-0.1, -0.05) is 11.6 Å². The second kappa shape index (κ2) is 4.57. The lowest BCUT2D eigenvalue weighted by atomic mass is 9.99. The molecule has 0 bridgehead atoms. The Hall–Kier alpha value is -1.62. The highest BCUT2D eigenvalue weighted by Gasteiger charge is 2.46. The molecule has 1 aromatic heterocycles. The van der Waals surface area contributed by atoms with Crippen LogP contribution >= 0.6 is 11.6 Å². The maximum atomic E-state index is 12.3. The fourth-order valence-corrected chi connectivity index (χ4v) is 2.38. The van der Waals surface area contributed by atoms with Crippen LogP contribution in [0.5, 0.6) is 0 Å². The first-order chi connectivity index (χ1) is 8.47. The lowest BCUT2D eigenvalue weighted by Gasteiger charge is -2.31. The maximum Gasteiger partial charge on any atom is 0.329 e. The zero-order valence-electron chi connectivity index (χ0n) is 9.89. The van der Waals surface area contributed by atoms with Crippen LogP contribution in [0.1, 0.15) is 30.1 Å². The molecular weight excluding hydrogens is 256 g/mol. The number of amides is 1. The Bertz CT molecular complexity index is 506. The van der Waals surface area contributed by atoms with Gasteiger partial charge < -0.3 is 10.0 Å². The van der Waals surface area contributed by atoms with Crippen molar-refractivity contribution in [2.75, 3.05) is 6.54 Å². The van der Waals surface area contributed by atoms with Gasteiger partial charge in [-0.25, -0.2) is 4.79 Å². The summed E-state index contributed by atoms with van der Waals surface area (Å²) in [4.78, 5) is 28.8. The molecule has 1 saturated heterocycles. The Morgan fingerprint density at radius 3 is 2.89 bits per heavy atom. The summed E-state index contributed by atoms with van der Waals surface area (Å²) in [5, 5.41) is 9.55. The Kier molecular flexibility index (Phi) is 3.26.